The van der Waals surface area contributed by atoms with E-state index in [-0.39, 0.29) is 5.78 Å². The monoisotopic (exact) mass is 313 g/mol. The van der Waals surface area contributed by atoms with Crippen LogP contribution in [0.3, 0.4) is 0 Å². The van der Waals surface area contributed by atoms with Crippen LogP contribution in [0.15, 0.2) is 42.6 Å². The molecule has 0 bridgehead atoms. The molecule has 23 heavy (non-hydrogen) atoms. The van der Waals surface area contributed by atoms with Crippen molar-refractivity contribution in [2.24, 2.45) is 5.41 Å². The average molecular weight is 313 g/mol. The van der Waals surface area contributed by atoms with Gasteiger partial charge in [-0.25, -0.2) is 0 Å². The van der Waals surface area contributed by atoms with E-state index in [0.29, 0.717) is 11.4 Å². The molecular weight excluding hydrogens is 290 g/mol. The van der Waals surface area contributed by atoms with Crippen LogP contribution in [0.5, 0.6) is 0 Å². The van der Waals surface area contributed by atoms with Crippen LogP contribution in [-0.4, -0.2) is 22.1 Å². The summed E-state index contributed by atoms with van der Waals surface area (Å²) in [6.45, 7) is 5.64. The van der Waals surface area contributed by atoms with E-state index in [2.05, 4.69) is 10.3 Å². The van der Waals surface area contributed by atoms with Gasteiger partial charge in [-0.2, -0.15) is 0 Å². The fraction of sp³-hybridized carbons (Fsp3) is 0.278. The number of anilines is 2. The average Bonchev–Trinajstić information content (AvgIpc) is 2.94. The Kier molecular flexibility index (Phi) is 4.91. The highest BCUT2D eigenvalue weighted by molar-refractivity contribution is 5.98. The minimum Gasteiger partial charge on any atom is -0.399 e. The van der Waals surface area contributed by atoms with Crippen molar-refractivity contribution in [1.29, 1.82) is 0 Å². The van der Waals surface area contributed by atoms with Crippen LogP contribution >= 0.6 is 0 Å². The van der Waals surface area contributed by atoms with Crippen molar-refractivity contribution >= 4 is 23.2 Å². The Bertz CT molecular complexity index is 694. The van der Waals surface area contributed by atoms with Crippen LogP contribution in [0.4, 0.5) is 11.4 Å². The number of rotatable bonds is 5. The number of hydrogen-bond donors (Lipinski definition) is 4. The number of nitrogen functional groups attached to an aromatic ring is 1. The lowest BCUT2D eigenvalue weighted by Gasteiger charge is -2.14. The van der Waals surface area contributed by atoms with Gasteiger partial charge in [-0.1, -0.05) is 26.8 Å². The first-order valence-corrected chi connectivity index (χ1v) is 7.47. The molecule has 0 aliphatic carbocycles. The van der Waals surface area contributed by atoms with E-state index in [1.165, 1.54) is 0 Å². The molecule has 0 radical (unpaired) electrons. The zero-order valence-corrected chi connectivity index (χ0v) is 13.6. The molecule has 2 rings (SSSR count). The number of aliphatic hydroxyl groups is 1. The van der Waals surface area contributed by atoms with Crippen molar-refractivity contribution in [2.45, 2.75) is 27.0 Å². The van der Waals surface area contributed by atoms with E-state index < -0.39 is 11.6 Å². The summed E-state index contributed by atoms with van der Waals surface area (Å²) >= 11 is 0. The Morgan fingerprint density at radius 3 is 2.57 bits per heavy atom. The summed E-state index contributed by atoms with van der Waals surface area (Å²) in [5, 5.41) is 12.9. The topological polar surface area (TPSA) is 91.1 Å². The highest BCUT2D eigenvalue weighted by atomic mass is 16.3. The molecule has 0 amide bonds. The highest BCUT2D eigenvalue weighted by Crippen LogP contribution is 2.21. The Labute approximate surface area is 136 Å². The van der Waals surface area contributed by atoms with Gasteiger partial charge in [0.05, 0.1) is 5.69 Å². The summed E-state index contributed by atoms with van der Waals surface area (Å²) in [5.41, 5.74) is 8.03. The maximum absolute atomic E-state index is 12.2. The van der Waals surface area contributed by atoms with Crippen LogP contribution in [-0.2, 0) is 0 Å². The molecule has 0 spiro atoms. The fourth-order valence-electron chi connectivity index (χ4n) is 2.04. The van der Waals surface area contributed by atoms with E-state index >= 15 is 0 Å². The van der Waals surface area contributed by atoms with Gasteiger partial charge in [0.15, 0.2) is 5.78 Å². The maximum atomic E-state index is 12.2. The number of aromatic nitrogens is 1. The third-order valence-electron chi connectivity index (χ3n) is 3.33. The molecule has 0 aliphatic heterocycles. The molecule has 1 aromatic heterocycles. The van der Waals surface area contributed by atoms with Gasteiger partial charge in [0, 0.05) is 23.0 Å². The van der Waals surface area contributed by atoms with Crippen molar-refractivity contribution in [3.63, 3.8) is 0 Å². The third kappa shape index (κ3) is 4.72. The van der Waals surface area contributed by atoms with Gasteiger partial charge in [0.25, 0.3) is 0 Å². The maximum Gasteiger partial charge on any atom is 0.184 e. The molecule has 0 fully saturated rings. The largest absolute Gasteiger partial charge is 0.399 e. The molecule has 5 N–H and O–H groups in total. The van der Waals surface area contributed by atoms with E-state index in [9.17, 15) is 9.90 Å². The highest BCUT2D eigenvalue weighted by Gasteiger charge is 2.23. The molecule has 1 aromatic carbocycles. The zero-order valence-electron chi connectivity index (χ0n) is 13.6. The quantitative estimate of drug-likeness (QED) is 0.387. The summed E-state index contributed by atoms with van der Waals surface area (Å²) in [7, 11) is 0. The zero-order chi connectivity index (χ0) is 17.0. The second-order valence-electron chi connectivity index (χ2n) is 6.50. The second kappa shape index (κ2) is 6.71. The first-order chi connectivity index (χ1) is 10.8. The van der Waals surface area contributed by atoms with Crippen LogP contribution in [0.1, 0.15) is 36.8 Å². The summed E-state index contributed by atoms with van der Waals surface area (Å²) in [4.78, 5) is 15.1. The van der Waals surface area contributed by atoms with Crippen molar-refractivity contribution < 1.29 is 9.90 Å². The summed E-state index contributed by atoms with van der Waals surface area (Å²) in [6, 6.07) is 8.89. The molecule has 122 valence electrons. The Morgan fingerprint density at radius 1 is 1.30 bits per heavy atom. The van der Waals surface area contributed by atoms with E-state index in [1.807, 2.05) is 20.8 Å². The van der Waals surface area contributed by atoms with Gasteiger partial charge in [0.2, 0.25) is 0 Å². The van der Waals surface area contributed by atoms with E-state index in [4.69, 9.17) is 5.73 Å². The molecule has 1 heterocycles. The number of nitrogens with one attached hydrogen (secondary N) is 2. The number of hydrogen-bond acceptors (Lipinski definition) is 4. The van der Waals surface area contributed by atoms with E-state index in [0.717, 1.165) is 11.3 Å². The molecule has 0 aliphatic rings. The van der Waals surface area contributed by atoms with Crippen LogP contribution in [0.2, 0.25) is 0 Å². The Hall–Kier alpha value is -2.53. The number of ketones is 1. The fourth-order valence-corrected chi connectivity index (χ4v) is 2.04. The molecule has 5 nitrogen and oxygen atoms in total. The summed E-state index contributed by atoms with van der Waals surface area (Å²) in [6.07, 6.45) is 4.27. The lowest BCUT2D eigenvalue weighted by Crippen LogP contribution is -2.20. The molecule has 5 heteroatoms. The minimum absolute atomic E-state index is 0.0534. The molecule has 2 aromatic rings. The second-order valence-corrected chi connectivity index (χ2v) is 6.50. The van der Waals surface area contributed by atoms with Gasteiger partial charge >= 0.3 is 0 Å². The molecular formula is C18H23N3O2. The molecule has 1 unspecified atom stereocenters. The number of aromatic amines is 1. The Morgan fingerprint density at radius 2 is 1.96 bits per heavy atom. The van der Waals surface area contributed by atoms with Gasteiger partial charge in [0.1, 0.15) is 6.23 Å². The van der Waals surface area contributed by atoms with E-state index in [1.54, 1.807) is 48.7 Å². The number of aliphatic hydroxyl groups excluding tert-OH is 1. The smallest absolute Gasteiger partial charge is 0.184 e. The number of carbonyl (C=O) groups is 1. The van der Waals surface area contributed by atoms with Gasteiger partial charge in [-0.15, -0.1) is 0 Å². The number of benzene rings is 1. The number of carbonyl (C=O) groups excluding carboxylic acids is 1. The Balaban J connectivity index is 1.98. The number of Topliss-reactive ketones (excluding diaryl/α,β-unsaturated/α-hetero) is 1. The summed E-state index contributed by atoms with van der Waals surface area (Å²) < 4.78 is 0. The first-order valence-electron chi connectivity index (χ1n) is 7.47. The molecule has 1 atom stereocenters. The third-order valence-corrected chi connectivity index (χ3v) is 3.33. The van der Waals surface area contributed by atoms with Gasteiger partial charge in [-0.05, 0) is 42.0 Å². The molecule has 0 saturated heterocycles. The van der Waals surface area contributed by atoms with Crippen molar-refractivity contribution in [2.75, 3.05) is 11.1 Å². The SMILES string of the molecule is CC(C)(C)C(=O)c1cc(/C=C/C(O)Nc2ccc(N)cc2)c[nH]1. The molecule has 0 saturated carbocycles. The van der Waals surface area contributed by atoms with Crippen LogP contribution < -0.4 is 11.1 Å². The number of H-pyrrole nitrogens is 1. The van der Waals surface area contributed by atoms with Crippen LogP contribution in [0.25, 0.3) is 6.08 Å². The first kappa shape index (κ1) is 16.8. The number of nitrogens with two attached hydrogens (primary N) is 1. The predicted octanol–water partition coefficient (Wildman–Crippen LogP) is 3.27. The normalized spacial score (nSPS) is 13.2. The lowest BCUT2D eigenvalue weighted by atomic mass is 9.89. The van der Waals surface area contributed by atoms with Gasteiger partial charge < -0.3 is 21.1 Å². The van der Waals surface area contributed by atoms with Crippen molar-refractivity contribution in [1.82, 2.24) is 4.98 Å². The van der Waals surface area contributed by atoms with Crippen molar-refractivity contribution in [3.05, 3.63) is 53.9 Å². The van der Waals surface area contributed by atoms with Crippen molar-refractivity contribution in [3.8, 4) is 0 Å². The minimum atomic E-state index is -0.838. The lowest BCUT2D eigenvalue weighted by molar-refractivity contribution is 0.0853. The van der Waals surface area contributed by atoms with Gasteiger partial charge in [-0.3, -0.25) is 4.79 Å². The predicted molar refractivity (Wildman–Crippen MR) is 94.1 cm³/mol. The van der Waals surface area contributed by atoms with Crippen LogP contribution in [0, 0.1) is 5.41 Å². The summed E-state index contributed by atoms with van der Waals surface area (Å²) in [5.74, 6) is 0.0534. The standard InChI is InChI=1S/C18H23N3O2/c1-18(2,3)17(23)15-10-12(11-20-15)4-9-16(22)21-14-7-5-13(19)6-8-14/h4-11,16,20-22H,19H2,1-3H3/b9-4+.